The molecule has 0 saturated heterocycles. The Morgan fingerprint density at radius 1 is 1.21 bits per heavy atom. The first-order valence-electron chi connectivity index (χ1n) is 7.52. The Morgan fingerprint density at radius 3 is 2.71 bits per heavy atom. The van der Waals surface area contributed by atoms with Crippen molar-refractivity contribution in [2.24, 2.45) is 0 Å². The van der Waals surface area contributed by atoms with Crippen LogP contribution in [0.1, 0.15) is 4.88 Å². The quantitative estimate of drug-likeness (QED) is 0.750. The molecular formula is C16H19NO5S2. The fourth-order valence-electron chi connectivity index (χ4n) is 2.39. The van der Waals surface area contributed by atoms with Crippen molar-refractivity contribution in [3.8, 4) is 11.5 Å². The highest BCUT2D eigenvalue weighted by atomic mass is 32.2. The minimum absolute atomic E-state index is 0.194. The maximum absolute atomic E-state index is 13.0. The van der Waals surface area contributed by atoms with Crippen LogP contribution in [0.15, 0.2) is 40.6 Å². The number of hydrogen-bond acceptors (Lipinski definition) is 6. The summed E-state index contributed by atoms with van der Waals surface area (Å²) in [7, 11) is -2.10. The third kappa shape index (κ3) is 3.72. The molecule has 3 rings (SSSR count). The highest BCUT2D eigenvalue weighted by Gasteiger charge is 2.26. The second-order valence-corrected chi connectivity index (χ2v) is 8.19. The lowest BCUT2D eigenvalue weighted by Crippen LogP contribution is -2.33. The molecule has 0 fully saturated rings. The third-order valence-electron chi connectivity index (χ3n) is 3.61. The van der Waals surface area contributed by atoms with E-state index in [-0.39, 0.29) is 11.4 Å². The number of nitrogens with zero attached hydrogens (tertiary/aromatic N) is 1. The molecule has 0 atom stereocenters. The summed E-state index contributed by atoms with van der Waals surface area (Å²) in [5.41, 5.74) is 0. The van der Waals surface area contributed by atoms with Crippen LogP contribution in [0.25, 0.3) is 0 Å². The second kappa shape index (κ2) is 7.52. The zero-order valence-electron chi connectivity index (χ0n) is 13.3. The molecule has 1 aromatic carbocycles. The number of hydrogen-bond donors (Lipinski definition) is 0. The summed E-state index contributed by atoms with van der Waals surface area (Å²) in [4.78, 5) is 1.17. The first-order chi connectivity index (χ1) is 11.6. The Labute approximate surface area is 145 Å². The van der Waals surface area contributed by atoms with Gasteiger partial charge in [-0.15, -0.1) is 11.3 Å². The molecule has 2 heterocycles. The number of methoxy groups -OCH3 is 1. The molecule has 0 spiro atoms. The molecule has 8 heteroatoms. The Morgan fingerprint density at radius 2 is 2.00 bits per heavy atom. The first kappa shape index (κ1) is 17.2. The molecule has 1 aromatic heterocycles. The van der Waals surface area contributed by atoms with Crippen LogP contribution in [0, 0.1) is 0 Å². The molecule has 24 heavy (non-hydrogen) atoms. The van der Waals surface area contributed by atoms with Crippen molar-refractivity contribution in [1.29, 1.82) is 0 Å². The van der Waals surface area contributed by atoms with Gasteiger partial charge in [0.05, 0.1) is 11.5 Å². The number of ether oxygens (including phenoxy) is 3. The van der Waals surface area contributed by atoms with Crippen LogP contribution in [0.5, 0.6) is 11.5 Å². The summed E-state index contributed by atoms with van der Waals surface area (Å²) in [6.07, 6.45) is 0. The number of thiophene rings is 1. The van der Waals surface area contributed by atoms with Gasteiger partial charge in [-0.1, -0.05) is 6.07 Å². The van der Waals surface area contributed by atoms with Crippen LogP contribution in [0.3, 0.4) is 0 Å². The van der Waals surface area contributed by atoms with Gasteiger partial charge >= 0.3 is 0 Å². The zero-order valence-corrected chi connectivity index (χ0v) is 14.9. The van der Waals surface area contributed by atoms with Crippen molar-refractivity contribution in [2.75, 3.05) is 33.5 Å². The van der Waals surface area contributed by atoms with Gasteiger partial charge in [0.25, 0.3) is 0 Å². The Balaban J connectivity index is 1.89. The van der Waals surface area contributed by atoms with Gasteiger partial charge in [-0.05, 0) is 23.6 Å². The minimum Gasteiger partial charge on any atom is -0.486 e. The van der Waals surface area contributed by atoms with Gasteiger partial charge in [0.2, 0.25) is 10.0 Å². The lowest BCUT2D eigenvalue weighted by Gasteiger charge is -2.23. The smallest absolute Gasteiger partial charge is 0.243 e. The first-order valence-corrected chi connectivity index (χ1v) is 9.84. The monoisotopic (exact) mass is 369 g/mol. The van der Waals surface area contributed by atoms with Crippen LogP contribution in [-0.2, 0) is 21.3 Å². The van der Waals surface area contributed by atoms with Gasteiger partial charge in [0.1, 0.15) is 13.2 Å². The topological polar surface area (TPSA) is 65.1 Å². The van der Waals surface area contributed by atoms with Gasteiger partial charge in [-0.3, -0.25) is 0 Å². The lowest BCUT2D eigenvalue weighted by molar-refractivity contribution is 0.170. The van der Waals surface area contributed by atoms with Gasteiger partial charge in [-0.2, -0.15) is 4.31 Å². The highest BCUT2D eigenvalue weighted by molar-refractivity contribution is 7.89. The summed E-state index contributed by atoms with van der Waals surface area (Å²) in [5.74, 6) is 1.03. The Kier molecular flexibility index (Phi) is 5.40. The zero-order chi connectivity index (χ0) is 17.0. The Bertz CT molecular complexity index is 774. The van der Waals surface area contributed by atoms with E-state index in [1.54, 1.807) is 19.2 Å². The lowest BCUT2D eigenvalue weighted by atomic mass is 10.3. The van der Waals surface area contributed by atoms with E-state index in [2.05, 4.69) is 0 Å². The number of fused-ring (bicyclic) bond motifs is 1. The van der Waals surface area contributed by atoms with Crippen LogP contribution >= 0.6 is 11.3 Å². The maximum Gasteiger partial charge on any atom is 0.243 e. The molecule has 0 amide bonds. The summed E-state index contributed by atoms with van der Waals surface area (Å²) in [6.45, 7) is 1.81. The summed E-state index contributed by atoms with van der Waals surface area (Å²) in [5, 5.41) is 1.93. The van der Waals surface area contributed by atoms with Gasteiger partial charge in [-0.25, -0.2) is 8.42 Å². The van der Waals surface area contributed by atoms with Crippen molar-refractivity contribution in [2.45, 2.75) is 11.4 Å². The van der Waals surface area contributed by atoms with Gasteiger partial charge in [0.15, 0.2) is 11.5 Å². The molecule has 1 aliphatic rings. The van der Waals surface area contributed by atoms with Gasteiger partial charge < -0.3 is 14.2 Å². The van der Waals surface area contributed by atoms with E-state index in [1.807, 2.05) is 17.5 Å². The fourth-order valence-corrected chi connectivity index (χ4v) is 4.61. The number of sulfonamides is 1. The average molecular weight is 369 g/mol. The van der Waals surface area contributed by atoms with Crippen LogP contribution in [0.4, 0.5) is 0 Å². The van der Waals surface area contributed by atoms with Crippen molar-refractivity contribution in [1.82, 2.24) is 4.31 Å². The SMILES string of the molecule is COCCN(Cc1cccs1)S(=O)(=O)c1ccc2c(c1)OCCO2. The van der Waals surface area contributed by atoms with E-state index in [9.17, 15) is 8.42 Å². The predicted molar refractivity (Wildman–Crippen MR) is 91.2 cm³/mol. The summed E-state index contributed by atoms with van der Waals surface area (Å²) in [6, 6.07) is 8.55. The third-order valence-corrected chi connectivity index (χ3v) is 6.31. The van der Waals surface area contributed by atoms with E-state index >= 15 is 0 Å². The largest absolute Gasteiger partial charge is 0.486 e. The number of benzene rings is 1. The molecule has 130 valence electrons. The van der Waals surface area contributed by atoms with Crippen LogP contribution in [-0.4, -0.2) is 46.2 Å². The van der Waals surface area contributed by atoms with E-state index < -0.39 is 10.0 Å². The molecule has 0 aliphatic carbocycles. The van der Waals surface area contributed by atoms with E-state index in [0.717, 1.165) is 4.88 Å². The molecule has 0 N–H and O–H groups in total. The molecule has 1 aliphatic heterocycles. The molecule has 0 unspecified atom stereocenters. The van der Waals surface area contributed by atoms with Crippen LogP contribution < -0.4 is 9.47 Å². The van der Waals surface area contributed by atoms with Crippen molar-refractivity contribution < 1.29 is 22.6 Å². The molecule has 0 bridgehead atoms. The van der Waals surface area contributed by atoms with Crippen molar-refractivity contribution in [3.63, 3.8) is 0 Å². The predicted octanol–water partition coefficient (Wildman–Crippen LogP) is 2.36. The number of rotatable bonds is 7. The maximum atomic E-state index is 13.0. The second-order valence-electron chi connectivity index (χ2n) is 5.22. The van der Waals surface area contributed by atoms with E-state index in [1.165, 1.54) is 21.7 Å². The minimum atomic E-state index is -3.66. The molecule has 0 radical (unpaired) electrons. The van der Waals surface area contributed by atoms with Gasteiger partial charge in [0, 0.05) is 31.1 Å². The Hall–Kier alpha value is -1.61. The standard InChI is InChI=1S/C16H19NO5S2/c1-20-7-6-17(12-13-3-2-10-23-13)24(18,19)14-4-5-15-16(11-14)22-9-8-21-15/h2-5,10-11H,6-9,12H2,1H3. The van der Waals surface area contributed by atoms with Crippen molar-refractivity contribution in [3.05, 3.63) is 40.6 Å². The van der Waals surface area contributed by atoms with E-state index in [0.29, 0.717) is 37.9 Å². The molecule has 2 aromatic rings. The fraction of sp³-hybridized carbons (Fsp3) is 0.375. The summed E-state index contributed by atoms with van der Waals surface area (Å²) < 4.78 is 43.5. The van der Waals surface area contributed by atoms with E-state index in [4.69, 9.17) is 14.2 Å². The molecule has 0 saturated carbocycles. The molecule has 6 nitrogen and oxygen atoms in total. The highest BCUT2D eigenvalue weighted by Crippen LogP contribution is 2.33. The molecular weight excluding hydrogens is 350 g/mol. The summed E-state index contributed by atoms with van der Waals surface area (Å²) >= 11 is 1.53. The van der Waals surface area contributed by atoms with Crippen LogP contribution in [0.2, 0.25) is 0 Å². The normalized spacial score (nSPS) is 14.1. The average Bonchev–Trinajstić information content (AvgIpc) is 3.11. The van der Waals surface area contributed by atoms with Crippen molar-refractivity contribution >= 4 is 21.4 Å².